The van der Waals surface area contributed by atoms with Crippen molar-refractivity contribution in [2.45, 2.75) is 24.9 Å². The Morgan fingerprint density at radius 1 is 1.35 bits per heavy atom. The highest BCUT2D eigenvalue weighted by Crippen LogP contribution is 2.20. The fraction of sp³-hybridized carbons (Fsp3) is 0.600. The van der Waals surface area contributed by atoms with Gasteiger partial charge in [-0.15, -0.1) is 0 Å². The van der Waals surface area contributed by atoms with Crippen molar-refractivity contribution in [2.24, 2.45) is 0 Å². The Hall–Kier alpha value is -0.910. The summed E-state index contributed by atoms with van der Waals surface area (Å²) in [5.74, 6) is 0.662. The summed E-state index contributed by atoms with van der Waals surface area (Å²) >= 11 is 0. The lowest BCUT2D eigenvalue weighted by Crippen LogP contribution is -2.35. The van der Waals surface area contributed by atoms with E-state index in [1.807, 2.05) is 32.3 Å². The van der Waals surface area contributed by atoms with E-state index in [1.54, 1.807) is 0 Å². The number of sulfone groups is 1. The lowest BCUT2D eigenvalue weighted by atomic mass is 10.0. The van der Waals surface area contributed by atoms with Gasteiger partial charge in [0.2, 0.25) is 0 Å². The van der Waals surface area contributed by atoms with Crippen molar-refractivity contribution in [3.63, 3.8) is 0 Å². The molecule has 0 aromatic heterocycles. The molecular formula is C15H24N2O2S. The van der Waals surface area contributed by atoms with Gasteiger partial charge >= 0.3 is 0 Å². The third-order valence-electron chi connectivity index (χ3n) is 4.15. The molecule has 5 heteroatoms. The fourth-order valence-electron chi connectivity index (χ4n) is 2.80. The van der Waals surface area contributed by atoms with Crippen LogP contribution < -0.4 is 5.32 Å². The van der Waals surface area contributed by atoms with Crippen LogP contribution >= 0.6 is 0 Å². The summed E-state index contributed by atoms with van der Waals surface area (Å²) in [4.78, 5) is 2.19. The molecule has 1 N–H and O–H groups in total. The van der Waals surface area contributed by atoms with Gasteiger partial charge in [-0.2, -0.15) is 0 Å². The summed E-state index contributed by atoms with van der Waals surface area (Å²) in [6.07, 6.45) is 1.75. The van der Waals surface area contributed by atoms with Gasteiger partial charge in [-0.1, -0.05) is 30.3 Å². The molecule has 2 unspecified atom stereocenters. The summed E-state index contributed by atoms with van der Waals surface area (Å²) in [6.45, 7) is 0.903. The van der Waals surface area contributed by atoms with Gasteiger partial charge in [0.15, 0.2) is 9.84 Å². The molecule has 1 aliphatic heterocycles. The largest absolute Gasteiger partial charge is 0.313 e. The number of benzene rings is 1. The van der Waals surface area contributed by atoms with Crippen LogP contribution in [0.5, 0.6) is 0 Å². The molecule has 2 rings (SSSR count). The first-order valence-corrected chi connectivity index (χ1v) is 8.97. The molecule has 112 valence electrons. The minimum Gasteiger partial charge on any atom is -0.313 e. The molecule has 0 saturated carbocycles. The number of nitrogens with zero attached hydrogens (tertiary/aromatic N) is 1. The maximum atomic E-state index is 11.5. The predicted octanol–water partition coefficient (Wildman–Crippen LogP) is 1.46. The van der Waals surface area contributed by atoms with Gasteiger partial charge in [-0.05, 0) is 39.0 Å². The Kier molecular flexibility index (Phi) is 5.18. The number of hydrogen-bond donors (Lipinski definition) is 1. The molecule has 20 heavy (non-hydrogen) atoms. The van der Waals surface area contributed by atoms with Gasteiger partial charge in [0.05, 0.1) is 11.5 Å². The highest BCUT2D eigenvalue weighted by Gasteiger charge is 2.30. The standard InChI is InChI=1S/C15H24N2O2S/c1-16-15(13-6-4-3-5-7-13)8-10-17(2)14-9-11-20(18,19)12-14/h3-7,14-16H,8-12H2,1-2H3. The summed E-state index contributed by atoms with van der Waals surface area (Å²) in [7, 11) is 1.21. The second kappa shape index (κ2) is 6.70. The van der Waals surface area contributed by atoms with Gasteiger partial charge in [0, 0.05) is 12.1 Å². The number of hydrogen-bond acceptors (Lipinski definition) is 4. The minimum atomic E-state index is -2.79. The van der Waals surface area contributed by atoms with Crippen molar-refractivity contribution in [2.75, 3.05) is 32.1 Å². The lowest BCUT2D eigenvalue weighted by molar-refractivity contribution is 0.248. The molecule has 1 saturated heterocycles. The van der Waals surface area contributed by atoms with E-state index in [0.717, 1.165) is 19.4 Å². The predicted molar refractivity (Wildman–Crippen MR) is 82.5 cm³/mol. The lowest BCUT2D eigenvalue weighted by Gasteiger charge is -2.25. The van der Waals surface area contributed by atoms with Crippen LogP contribution in [0, 0.1) is 0 Å². The average molecular weight is 296 g/mol. The Morgan fingerprint density at radius 2 is 2.05 bits per heavy atom. The quantitative estimate of drug-likeness (QED) is 0.863. The molecule has 0 bridgehead atoms. The Labute approximate surface area is 122 Å². The topological polar surface area (TPSA) is 49.4 Å². The van der Waals surface area contributed by atoms with Crippen molar-refractivity contribution in [1.29, 1.82) is 0 Å². The maximum Gasteiger partial charge on any atom is 0.151 e. The monoisotopic (exact) mass is 296 g/mol. The first-order valence-electron chi connectivity index (χ1n) is 7.15. The number of nitrogens with one attached hydrogen (secondary N) is 1. The van der Waals surface area contributed by atoms with Crippen LogP contribution in [0.1, 0.15) is 24.4 Å². The molecule has 0 amide bonds. The third-order valence-corrected chi connectivity index (χ3v) is 5.90. The van der Waals surface area contributed by atoms with Gasteiger partial charge in [-0.25, -0.2) is 8.42 Å². The second-order valence-corrected chi connectivity index (χ2v) is 7.81. The van der Waals surface area contributed by atoms with E-state index in [2.05, 4.69) is 22.3 Å². The molecule has 4 nitrogen and oxygen atoms in total. The van der Waals surface area contributed by atoms with Crippen molar-refractivity contribution < 1.29 is 8.42 Å². The molecule has 0 spiro atoms. The second-order valence-electron chi connectivity index (χ2n) is 5.58. The zero-order valence-corrected chi connectivity index (χ0v) is 13.1. The summed E-state index contributed by atoms with van der Waals surface area (Å²) < 4.78 is 23.0. The molecule has 1 aliphatic rings. The Balaban J connectivity index is 1.88. The van der Waals surface area contributed by atoms with Gasteiger partial charge in [0.25, 0.3) is 0 Å². The Bertz CT molecular complexity index is 516. The van der Waals surface area contributed by atoms with Crippen molar-refractivity contribution in [1.82, 2.24) is 10.2 Å². The number of rotatable bonds is 6. The van der Waals surface area contributed by atoms with E-state index in [0.29, 0.717) is 17.5 Å². The van der Waals surface area contributed by atoms with Crippen molar-refractivity contribution >= 4 is 9.84 Å². The van der Waals surface area contributed by atoms with Crippen LogP contribution in [-0.2, 0) is 9.84 Å². The van der Waals surface area contributed by atoms with E-state index >= 15 is 0 Å². The van der Waals surface area contributed by atoms with Gasteiger partial charge < -0.3 is 10.2 Å². The van der Waals surface area contributed by atoms with Crippen LogP contribution in [0.2, 0.25) is 0 Å². The first kappa shape index (κ1) is 15.5. The molecule has 0 aliphatic carbocycles. The van der Waals surface area contributed by atoms with E-state index in [-0.39, 0.29) is 6.04 Å². The molecule has 1 heterocycles. The zero-order valence-electron chi connectivity index (χ0n) is 12.2. The maximum absolute atomic E-state index is 11.5. The molecular weight excluding hydrogens is 272 g/mol. The third kappa shape index (κ3) is 4.04. The zero-order chi connectivity index (χ0) is 14.6. The van der Waals surface area contributed by atoms with Crippen molar-refractivity contribution in [3.05, 3.63) is 35.9 Å². The fourth-order valence-corrected chi connectivity index (χ4v) is 4.61. The van der Waals surface area contributed by atoms with Crippen LogP contribution in [0.3, 0.4) is 0 Å². The van der Waals surface area contributed by atoms with E-state index < -0.39 is 9.84 Å². The summed E-state index contributed by atoms with van der Waals surface area (Å²) in [5, 5.41) is 3.34. The van der Waals surface area contributed by atoms with Gasteiger partial charge in [-0.3, -0.25) is 0 Å². The summed E-state index contributed by atoms with van der Waals surface area (Å²) in [5.41, 5.74) is 1.28. The van der Waals surface area contributed by atoms with Gasteiger partial charge in [0.1, 0.15) is 0 Å². The molecule has 0 radical (unpaired) electrons. The first-order chi connectivity index (χ1) is 9.52. The molecule has 1 fully saturated rings. The Morgan fingerprint density at radius 3 is 2.60 bits per heavy atom. The van der Waals surface area contributed by atoms with E-state index in [4.69, 9.17) is 0 Å². The minimum absolute atomic E-state index is 0.188. The normalized spacial score (nSPS) is 23.1. The molecule has 1 aromatic carbocycles. The van der Waals surface area contributed by atoms with Crippen molar-refractivity contribution in [3.8, 4) is 0 Å². The van der Waals surface area contributed by atoms with Crippen LogP contribution in [-0.4, -0.2) is 51.5 Å². The smallest absolute Gasteiger partial charge is 0.151 e. The van der Waals surface area contributed by atoms with E-state index in [1.165, 1.54) is 5.56 Å². The average Bonchev–Trinajstić information content (AvgIpc) is 2.81. The van der Waals surface area contributed by atoms with Crippen LogP contribution in [0.25, 0.3) is 0 Å². The summed E-state index contributed by atoms with van der Waals surface area (Å²) in [6, 6.07) is 10.9. The molecule has 1 aromatic rings. The highest BCUT2D eigenvalue weighted by atomic mass is 32.2. The SMILES string of the molecule is CNC(CCN(C)C1CCS(=O)(=O)C1)c1ccccc1. The van der Waals surface area contributed by atoms with Crippen LogP contribution in [0.15, 0.2) is 30.3 Å². The highest BCUT2D eigenvalue weighted by molar-refractivity contribution is 7.91. The van der Waals surface area contributed by atoms with E-state index in [9.17, 15) is 8.42 Å². The van der Waals surface area contributed by atoms with Crippen LogP contribution in [0.4, 0.5) is 0 Å². The molecule has 2 atom stereocenters.